The summed E-state index contributed by atoms with van der Waals surface area (Å²) in [5, 5.41) is 20.3. The Hall–Kier alpha value is -2.31. The van der Waals surface area contributed by atoms with Crippen LogP contribution in [0.3, 0.4) is 0 Å². The van der Waals surface area contributed by atoms with E-state index >= 15 is 0 Å². The highest BCUT2D eigenvalue weighted by Crippen LogP contribution is 2.14. The molecule has 19 heavy (non-hydrogen) atoms. The molecule has 0 saturated carbocycles. The maximum absolute atomic E-state index is 10.8. The van der Waals surface area contributed by atoms with Crippen LogP contribution < -0.4 is 0 Å². The molecule has 0 bridgehead atoms. The van der Waals surface area contributed by atoms with Crippen LogP contribution in [-0.4, -0.2) is 36.3 Å². The third-order valence-corrected chi connectivity index (χ3v) is 2.84. The minimum atomic E-state index is -0.816. The first kappa shape index (κ1) is 13.1. The lowest BCUT2D eigenvalue weighted by Crippen LogP contribution is -2.14. The summed E-state index contributed by atoms with van der Waals surface area (Å²) in [5.41, 5.74) is 1.57. The van der Waals surface area contributed by atoms with E-state index in [1.807, 2.05) is 25.1 Å². The molecule has 7 heteroatoms. The zero-order valence-corrected chi connectivity index (χ0v) is 10.8. The number of hydrogen-bond acceptors (Lipinski definition) is 5. The molecule has 100 valence electrons. The Bertz CT molecular complexity index is 581. The number of carboxylic acid groups (broad SMARTS) is 1. The number of pyridine rings is 1. The van der Waals surface area contributed by atoms with Gasteiger partial charge in [0.1, 0.15) is 5.69 Å². The Balaban J connectivity index is 2.16. The molecule has 0 amide bonds. The molecule has 2 aromatic heterocycles. The van der Waals surface area contributed by atoms with E-state index < -0.39 is 11.9 Å². The van der Waals surface area contributed by atoms with E-state index in [1.54, 1.807) is 11.6 Å². The zero-order valence-electron chi connectivity index (χ0n) is 10.8. The molecule has 1 N–H and O–H groups in total. The minimum absolute atomic E-state index is 0.428. The highest BCUT2D eigenvalue weighted by Gasteiger charge is 2.14. The molecular weight excluding hydrogens is 246 g/mol. The molecule has 1 unspecified atom stereocenters. The van der Waals surface area contributed by atoms with Gasteiger partial charge in [0.15, 0.2) is 0 Å². The molecule has 0 fully saturated rings. The molecule has 2 rings (SSSR count). The number of carbonyl (C=O) groups is 1. The molecule has 0 saturated heterocycles. The van der Waals surface area contributed by atoms with E-state index in [2.05, 4.69) is 20.5 Å². The maximum atomic E-state index is 10.8. The van der Waals surface area contributed by atoms with Gasteiger partial charge < -0.3 is 5.11 Å². The van der Waals surface area contributed by atoms with E-state index in [0.29, 0.717) is 24.5 Å². The number of carboxylic acids is 1. The summed E-state index contributed by atoms with van der Waals surface area (Å²) in [4.78, 5) is 15.1. The van der Waals surface area contributed by atoms with Gasteiger partial charge in [-0.15, -0.1) is 5.10 Å². The van der Waals surface area contributed by atoms with Crippen molar-refractivity contribution in [3.8, 4) is 11.5 Å². The Morgan fingerprint density at radius 2 is 2.26 bits per heavy atom. The molecule has 2 aromatic rings. The van der Waals surface area contributed by atoms with Crippen molar-refractivity contribution in [2.24, 2.45) is 5.92 Å². The van der Waals surface area contributed by atoms with Gasteiger partial charge in [-0.1, -0.05) is 13.0 Å². The van der Waals surface area contributed by atoms with E-state index in [-0.39, 0.29) is 0 Å². The number of tetrazole rings is 1. The molecule has 0 aliphatic carbocycles. The number of nitrogens with zero attached hydrogens (tertiary/aromatic N) is 5. The number of aromatic nitrogens is 5. The second-order valence-corrected chi connectivity index (χ2v) is 4.42. The average Bonchev–Trinajstić information content (AvgIpc) is 2.84. The largest absolute Gasteiger partial charge is 0.481 e. The first-order valence-electron chi connectivity index (χ1n) is 6.01. The first-order valence-corrected chi connectivity index (χ1v) is 6.01. The summed E-state index contributed by atoms with van der Waals surface area (Å²) in [6, 6.07) is 5.61. The normalized spacial score (nSPS) is 12.3. The van der Waals surface area contributed by atoms with Gasteiger partial charge in [-0.05, 0) is 35.9 Å². The Morgan fingerprint density at radius 3 is 2.95 bits per heavy atom. The lowest BCUT2D eigenvalue weighted by atomic mass is 10.1. The van der Waals surface area contributed by atoms with Crippen molar-refractivity contribution >= 4 is 5.97 Å². The van der Waals surface area contributed by atoms with Crippen LogP contribution in [0.5, 0.6) is 0 Å². The van der Waals surface area contributed by atoms with Crippen LogP contribution >= 0.6 is 0 Å². The van der Waals surface area contributed by atoms with E-state index in [4.69, 9.17) is 5.11 Å². The number of hydrogen-bond donors (Lipinski definition) is 1. The fraction of sp³-hybridized carbons (Fsp3) is 0.417. The fourth-order valence-corrected chi connectivity index (χ4v) is 1.65. The third-order valence-electron chi connectivity index (χ3n) is 2.84. The number of rotatable bonds is 5. The predicted octanol–water partition coefficient (Wildman–Crippen LogP) is 1.15. The number of aliphatic carboxylic acids is 1. The maximum Gasteiger partial charge on any atom is 0.306 e. The summed E-state index contributed by atoms with van der Waals surface area (Å²) in [6.45, 7) is 4.01. The second-order valence-electron chi connectivity index (χ2n) is 4.42. The van der Waals surface area contributed by atoms with Crippen molar-refractivity contribution < 1.29 is 9.90 Å². The average molecular weight is 261 g/mol. The van der Waals surface area contributed by atoms with Crippen LogP contribution in [0.15, 0.2) is 18.2 Å². The molecule has 0 aliphatic rings. The van der Waals surface area contributed by atoms with Crippen LogP contribution in [0.2, 0.25) is 0 Å². The van der Waals surface area contributed by atoms with Gasteiger partial charge in [-0.3, -0.25) is 4.79 Å². The van der Waals surface area contributed by atoms with Crippen molar-refractivity contribution in [1.29, 1.82) is 0 Å². The van der Waals surface area contributed by atoms with Gasteiger partial charge >= 0.3 is 5.97 Å². The first-order chi connectivity index (χ1) is 9.08. The molecule has 0 spiro atoms. The summed E-state index contributed by atoms with van der Waals surface area (Å²) in [5.74, 6) is -0.688. The highest BCUT2D eigenvalue weighted by molar-refractivity contribution is 5.69. The van der Waals surface area contributed by atoms with Crippen molar-refractivity contribution in [3.05, 3.63) is 23.9 Å². The molecule has 0 aliphatic heterocycles. The van der Waals surface area contributed by atoms with Gasteiger partial charge in [0.2, 0.25) is 5.82 Å². The van der Waals surface area contributed by atoms with Crippen molar-refractivity contribution in [2.45, 2.75) is 26.8 Å². The summed E-state index contributed by atoms with van der Waals surface area (Å²) < 4.78 is 1.58. The van der Waals surface area contributed by atoms with E-state index in [1.165, 1.54) is 0 Å². The van der Waals surface area contributed by atoms with Crippen LogP contribution in [0.1, 0.15) is 19.0 Å². The van der Waals surface area contributed by atoms with Gasteiger partial charge in [-0.2, -0.15) is 0 Å². The third kappa shape index (κ3) is 3.12. The van der Waals surface area contributed by atoms with Crippen LogP contribution in [0.25, 0.3) is 11.5 Å². The second kappa shape index (κ2) is 5.55. The molecule has 0 aromatic carbocycles. The quantitative estimate of drug-likeness (QED) is 0.867. The summed E-state index contributed by atoms with van der Waals surface area (Å²) >= 11 is 0. The SMILES string of the molecule is Cc1cccc(-c2nnnn2CCC(C)C(=O)O)n1. The predicted molar refractivity (Wildman–Crippen MR) is 67.2 cm³/mol. The molecule has 7 nitrogen and oxygen atoms in total. The molecule has 0 radical (unpaired) electrons. The minimum Gasteiger partial charge on any atom is -0.481 e. The Morgan fingerprint density at radius 1 is 1.47 bits per heavy atom. The highest BCUT2D eigenvalue weighted by atomic mass is 16.4. The Kier molecular flexibility index (Phi) is 3.84. The standard InChI is InChI=1S/C12H15N5O2/c1-8(12(18)19)6-7-17-11(14-15-16-17)10-5-3-4-9(2)13-10/h3-5,8H,6-7H2,1-2H3,(H,18,19). The summed E-state index contributed by atoms with van der Waals surface area (Å²) in [6.07, 6.45) is 0.471. The molecule has 2 heterocycles. The van der Waals surface area contributed by atoms with E-state index in [0.717, 1.165) is 5.69 Å². The lowest BCUT2D eigenvalue weighted by molar-refractivity contribution is -0.141. The van der Waals surface area contributed by atoms with Crippen LogP contribution in [0.4, 0.5) is 0 Å². The monoisotopic (exact) mass is 261 g/mol. The van der Waals surface area contributed by atoms with Crippen molar-refractivity contribution in [2.75, 3.05) is 0 Å². The zero-order chi connectivity index (χ0) is 13.8. The molecular formula is C12H15N5O2. The van der Waals surface area contributed by atoms with Crippen molar-refractivity contribution in [1.82, 2.24) is 25.2 Å². The van der Waals surface area contributed by atoms with Gasteiger partial charge in [-0.25, -0.2) is 9.67 Å². The molecule has 1 atom stereocenters. The fourth-order valence-electron chi connectivity index (χ4n) is 1.65. The van der Waals surface area contributed by atoms with Gasteiger partial charge in [0, 0.05) is 12.2 Å². The topological polar surface area (TPSA) is 93.8 Å². The van der Waals surface area contributed by atoms with Crippen molar-refractivity contribution in [3.63, 3.8) is 0 Å². The lowest BCUT2D eigenvalue weighted by Gasteiger charge is -2.07. The Labute approximate surface area is 110 Å². The summed E-state index contributed by atoms with van der Waals surface area (Å²) in [7, 11) is 0. The number of aryl methyl sites for hydroxylation is 2. The van der Waals surface area contributed by atoms with E-state index in [9.17, 15) is 4.79 Å². The smallest absolute Gasteiger partial charge is 0.306 e. The van der Waals surface area contributed by atoms with Crippen LogP contribution in [0, 0.1) is 12.8 Å². The van der Waals surface area contributed by atoms with Crippen LogP contribution in [-0.2, 0) is 11.3 Å². The van der Waals surface area contributed by atoms with Gasteiger partial charge in [0.05, 0.1) is 5.92 Å². The van der Waals surface area contributed by atoms with Gasteiger partial charge in [0.25, 0.3) is 0 Å².